The quantitative estimate of drug-likeness (QED) is 0.912. The van der Waals surface area contributed by atoms with E-state index in [9.17, 15) is 0 Å². The van der Waals surface area contributed by atoms with Crippen molar-refractivity contribution in [1.29, 1.82) is 0 Å². The first-order valence-electron chi connectivity index (χ1n) is 7.50. The van der Waals surface area contributed by atoms with Gasteiger partial charge in [0.1, 0.15) is 0 Å². The van der Waals surface area contributed by atoms with E-state index < -0.39 is 0 Å². The van der Waals surface area contributed by atoms with E-state index in [1.807, 2.05) is 13.0 Å². The van der Waals surface area contributed by atoms with Crippen molar-refractivity contribution < 1.29 is 0 Å². The van der Waals surface area contributed by atoms with Gasteiger partial charge in [-0.3, -0.25) is 4.98 Å². The second-order valence-corrected chi connectivity index (χ2v) is 5.75. The lowest BCUT2D eigenvalue weighted by molar-refractivity contribution is 0.566. The van der Waals surface area contributed by atoms with Crippen LogP contribution in [0.2, 0.25) is 0 Å². The Morgan fingerprint density at radius 3 is 2.85 bits per heavy atom. The molecule has 20 heavy (non-hydrogen) atoms. The van der Waals surface area contributed by atoms with E-state index in [2.05, 4.69) is 47.6 Å². The molecule has 0 spiro atoms. The molecule has 3 rings (SSSR count). The first-order chi connectivity index (χ1) is 9.72. The van der Waals surface area contributed by atoms with Gasteiger partial charge in [-0.2, -0.15) is 0 Å². The second-order valence-electron chi connectivity index (χ2n) is 5.75. The summed E-state index contributed by atoms with van der Waals surface area (Å²) < 4.78 is 0. The molecule has 1 aromatic heterocycles. The number of hydrogen-bond acceptors (Lipinski definition) is 2. The fraction of sp³-hybridized carbons (Fsp3) is 0.389. The van der Waals surface area contributed by atoms with Crippen LogP contribution in [0.1, 0.15) is 47.5 Å². The van der Waals surface area contributed by atoms with Crippen LogP contribution in [0.15, 0.2) is 36.4 Å². The Morgan fingerprint density at radius 1 is 1.15 bits per heavy atom. The molecule has 0 saturated heterocycles. The van der Waals surface area contributed by atoms with E-state index in [1.165, 1.54) is 24.8 Å². The molecule has 0 aliphatic heterocycles. The van der Waals surface area contributed by atoms with Gasteiger partial charge in [0.2, 0.25) is 0 Å². The van der Waals surface area contributed by atoms with E-state index in [1.54, 1.807) is 11.1 Å². The van der Waals surface area contributed by atoms with Gasteiger partial charge in [-0.15, -0.1) is 0 Å². The number of nitrogens with one attached hydrogen (secondary N) is 1. The highest BCUT2D eigenvalue weighted by atomic mass is 14.9. The molecular formula is C18H22N2. The van der Waals surface area contributed by atoms with E-state index in [4.69, 9.17) is 0 Å². The van der Waals surface area contributed by atoms with Crippen LogP contribution in [0.25, 0.3) is 0 Å². The maximum Gasteiger partial charge on any atom is 0.0545 e. The van der Waals surface area contributed by atoms with Crippen molar-refractivity contribution in [2.45, 2.75) is 45.7 Å². The van der Waals surface area contributed by atoms with Gasteiger partial charge in [-0.25, -0.2) is 0 Å². The molecule has 2 aromatic rings. The topological polar surface area (TPSA) is 24.9 Å². The summed E-state index contributed by atoms with van der Waals surface area (Å²) in [6, 6.07) is 13.5. The maximum atomic E-state index is 4.53. The lowest BCUT2D eigenvalue weighted by Gasteiger charge is -2.15. The number of nitrogens with zero attached hydrogens (tertiary/aromatic N) is 1. The van der Waals surface area contributed by atoms with Gasteiger partial charge in [0.25, 0.3) is 0 Å². The SMILES string of the molecule is Cc1cccc(CNC(C)c2ccc3c(c2)CCC3)n1. The highest BCUT2D eigenvalue weighted by Gasteiger charge is 2.13. The molecule has 0 saturated carbocycles. The summed E-state index contributed by atoms with van der Waals surface area (Å²) in [6.45, 7) is 5.08. The predicted octanol–water partition coefficient (Wildman–Crippen LogP) is 3.73. The summed E-state index contributed by atoms with van der Waals surface area (Å²) in [4.78, 5) is 4.53. The lowest BCUT2D eigenvalue weighted by atomic mass is 10.0. The lowest BCUT2D eigenvalue weighted by Crippen LogP contribution is -2.19. The zero-order valence-electron chi connectivity index (χ0n) is 12.3. The fourth-order valence-corrected chi connectivity index (χ4v) is 2.93. The van der Waals surface area contributed by atoms with Crippen LogP contribution in [0.4, 0.5) is 0 Å². The van der Waals surface area contributed by atoms with Crippen LogP contribution in [0, 0.1) is 6.92 Å². The van der Waals surface area contributed by atoms with Crippen LogP contribution in [0.5, 0.6) is 0 Å². The molecule has 0 radical (unpaired) electrons. The van der Waals surface area contributed by atoms with Crippen LogP contribution < -0.4 is 5.32 Å². The Labute approximate surface area is 121 Å². The molecule has 1 aliphatic rings. The van der Waals surface area contributed by atoms with Crippen LogP contribution in [-0.4, -0.2) is 4.98 Å². The third-order valence-corrected chi connectivity index (χ3v) is 4.16. The Kier molecular flexibility index (Phi) is 3.83. The highest BCUT2D eigenvalue weighted by Crippen LogP contribution is 2.25. The van der Waals surface area contributed by atoms with E-state index in [0.29, 0.717) is 6.04 Å². The summed E-state index contributed by atoms with van der Waals surface area (Å²) in [5.74, 6) is 0. The summed E-state index contributed by atoms with van der Waals surface area (Å²) in [5, 5.41) is 3.57. The highest BCUT2D eigenvalue weighted by molar-refractivity contribution is 5.36. The molecule has 1 heterocycles. The maximum absolute atomic E-state index is 4.53. The molecule has 1 unspecified atom stereocenters. The molecule has 1 N–H and O–H groups in total. The molecule has 1 aliphatic carbocycles. The van der Waals surface area contributed by atoms with Crippen molar-refractivity contribution in [3.63, 3.8) is 0 Å². The largest absolute Gasteiger partial charge is 0.305 e. The smallest absolute Gasteiger partial charge is 0.0545 e. The van der Waals surface area contributed by atoms with Gasteiger partial charge >= 0.3 is 0 Å². The third kappa shape index (κ3) is 2.91. The summed E-state index contributed by atoms with van der Waals surface area (Å²) in [6.07, 6.45) is 3.81. The third-order valence-electron chi connectivity index (χ3n) is 4.16. The van der Waals surface area contributed by atoms with Gasteiger partial charge in [0.15, 0.2) is 0 Å². The van der Waals surface area contributed by atoms with Gasteiger partial charge in [-0.05, 0) is 61.9 Å². The number of aryl methyl sites for hydroxylation is 3. The normalized spacial score (nSPS) is 15.1. The molecule has 0 fully saturated rings. The van der Waals surface area contributed by atoms with Crippen molar-refractivity contribution in [2.75, 3.05) is 0 Å². The first kappa shape index (κ1) is 13.3. The first-order valence-corrected chi connectivity index (χ1v) is 7.50. The van der Waals surface area contributed by atoms with Gasteiger partial charge in [0, 0.05) is 18.3 Å². The molecule has 104 valence electrons. The van der Waals surface area contributed by atoms with Gasteiger partial charge in [0.05, 0.1) is 5.69 Å². The zero-order valence-corrected chi connectivity index (χ0v) is 12.3. The molecule has 0 bridgehead atoms. The number of pyridine rings is 1. The second kappa shape index (κ2) is 5.76. The Bertz CT molecular complexity index is 604. The molecule has 1 aromatic carbocycles. The van der Waals surface area contributed by atoms with Crippen molar-refractivity contribution in [3.05, 3.63) is 64.5 Å². The standard InChI is InChI=1S/C18H22N2/c1-13-5-3-8-18(20-13)12-19-14(2)16-10-9-15-6-4-7-17(15)11-16/h3,5,8-11,14,19H,4,6-7,12H2,1-2H3. The number of fused-ring (bicyclic) bond motifs is 1. The van der Waals surface area contributed by atoms with Gasteiger partial charge < -0.3 is 5.32 Å². The Morgan fingerprint density at radius 2 is 2.00 bits per heavy atom. The van der Waals surface area contributed by atoms with Crippen LogP contribution in [0.3, 0.4) is 0 Å². The minimum atomic E-state index is 0.364. The van der Waals surface area contributed by atoms with Crippen molar-refractivity contribution in [2.24, 2.45) is 0 Å². The van der Waals surface area contributed by atoms with Crippen molar-refractivity contribution in [1.82, 2.24) is 10.3 Å². The van der Waals surface area contributed by atoms with Crippen LogP contribution in [-0.2, 0) is 19.4 Å². The summed E-state index contributed by atoms with van der Waals surface area (Å²) >= 11 is 0. The van der Waals surface area contributed by atoms with Crippen LogP contribution >= 0.6 is 0 Å². The number of aromatic nitrogens is 1. The minimum Gasteiger partial charge on any atom is -0.305 e. The average molecular weight is 266 g/mol. The molecular weight excluding hydrogens is 244 g/mol. The van der Waals surface area contributed by atoms with E-state index in [0.717, 1.165) is 17.9 Å². The fourth-order valence-electron chi connectivity index (χ4n) is 2.93. The predicted molar refractivity (Wildman–Crippen MR) is 82.7 cm³/mol. The molecule has 2 nitrogen and oxygen atoms in total. The summed E-state index contributed by atoms with van der Waals surface area (Å²) in [7, 11) is 0. The zero-order chi connectivity index (χ0) is 13.9. The average Bonchev–Trinajstić information content (AvgIpc) is 2.92. The molecule has 1 atom stereocenters. The summed E-state index contributed by atoms with van der Waals surface area (Å²) in [5.41, 5.74) is 6.66. The Balaban J connectivity index is 1.66. The van der Waals surface area contributed by atoms with Crippen molar-refractivity contribution >= 4 is 0 Å². The number of hydrogen-bond donors (Lipinski definition) is 1. The van der Waals surface area contributed by atoms with E-state index >= 15 is 0 Å². The Hall–Kier alpha value is -1.67. The minimum absolute atomic E-state index is 0.364. The molecule has 2 heteroatoms. The number of benzene rings is 1. The monoisotopic (exact) mass is 266 g/mol. The molecule has 0 amide bonds. The van der Waals surface area contributed by atoms with Gasteiger partial charge in [-0.1, -0.05) is 24.3 Å². The van der Waals surface area contributed by atoms with E-state index in [-0.39, 0.29) is 0 Å². The van der Waals surface area contributed by atoms with Crippen molar-refractivity contribution in [3.8, 4) is 0 Å². The number of rotatable bonds is 4.